The van der Waals surface area contributed by atoms with Crippen LogP contribution in [0.15, 0.2) is 12.7 Å². The minimum atomic E-state index is 0.308. The van der Waals surface area contributed by atoms with Gasteiger partial charge in [-0.1, -0.05) is 25.7 Å². The lowest BCUT2D eigenvalue weighted by atomic mass is 10.1. The molecule has 0 aromatic carbocycles. The van der Waals surface area contributed by atoms with Crippen LogP contribution in [-0.2, 0) is 6.54 Å². The highest BCUT2D eigenvalue weighted by atomic mass is 16.2. The van der Waals surface area contributed by atoms with Crippen LogP contribution in [0.1, 0.15) is 38.5 Å². The van der Waals surface area contributed by atoms with Crippen molar-refractivity contribution >= 4 is 17.0 Å². The van der Waals surface area contributed by atoms with Gasteiger partial charge >= 0.3 is 0 Å². The Bertz CT molecular complexity index is 511. The van der Waals surface area contributed by atoms with Gasteiger partial charge in [0.1, 0.15) is 11.8 Å². The van der Waals surface area contributed by atoms with Crippen LogP contribution in [0.4, 0.5) is 5.82 Å². The molecule has 104 valence electrons. The summed E-state index contributed by atoms with van der Waals surface area (Å²) in [5.74, 6) is 0.438. The average molecular weight is 263 g/mol. The van der Waals surface area contributed by atoms with E-state index in [1.807, 2.05) is 4.57 Å². The van der Waals surface area contributed by atoms with E-state index < -0.39 is 0 Å². The summed E-state index contributed by atoms with van der Waals surface area (Å²) < 4.78 is 2.03. The lowest BCUT2D eigenvalue weighted by Crippen LogP contribution is -1.99. The standard InChI is InChI=1S/C13H21N5O/c14-12-11-13(16-9-15-12)18(10-17-11)7-5-3-1-2-4-6-8-19/h9-10,19H,1-8H2,(H2,14,15,16). The monoisotopic (exact) mass is 263 g/mol. The van der Waals surface area contributed by atoms with E-state index >= 15 is 0 Å². The summed E-state index contributed by atoms with van der Waals surface area (Å²) in [6.07, 6.45) is 9.99. The summed E-state index contributed by atoms with van der Waals surface area (Å²) >= 11 is 0. The Hall–Kier alpha value is -1.69. The quantitative estimate of drug-likeness (QED) is 0.708. The Kier molecular flexibility index (Phi) is 5.09. The van der Waals surface area contributed by atoms with Crippen molar-refractivity contribution < 1.29 is 5.11 Å². The second-order valence-corrected chi connectivity index (χ2v) is 4.71. The van der Waals surface area contributed by atoms with E-state index in [1.54, 1.807) is 6.33 Å². The molecule has 2 aromatic rings. The molecule has 0 spiro atoms. The maximum absolute atomic E-state index is 8.68. The average Bonchev–Trinajstić information content (AvgIpc) is 2.83. The maximum atomic E-state index is 8.68. The first-order chi connectivity index (χ1) is 9.33. The van der Waals surface area contributed by atoms with Crippen LogP contribution >= 0.6 is 0 Å². The normalized spacial score (nSPS) is 11.2. The highest BCUT2D eigenvalue weighted by Gasteiger charge is 2.06. The van der Waals surface area contributed by atoms with E-state index in [9.17, 15) is 0 Å². The van der Waals surface area contributed by atoms with Gasteiger partial charge in [0.15, 0.2) is 11.5 Å². The van der Waals surface area contributed by atoms with Crippen LogP contribution in [-0.4, -0.2) is 31.2 Å². The lowest BCUT2D eigenvalue weighted by Gasteiger charge is -2.04. The van der Waals surface area contributed by atoms with Crippen molar-refractivity contribution in [3.63, 3.8) is 0 Å². The number of aryl methyl sites for hydroxylation is 1. The van der Waals surface area contributed by atoms with E-state index in [1.165, 1.54) is 25.6 Å². The molecule has 0 fully saturated rings. The number of hydrogen-bond acceptors (Lipinski definition) is 5. The molecule has 6 heteroatoms. The largest absolute Gasteiger partial charge is 0.396 e. The molecular weight excluding hydrogens is 242 g/mol. The SMILES string of the molecule is Nc1ncnc2c1ncn2CCCCCCCCO. The van der Waals surface area contributed by atoms with Gasteiger partial charge in [0.2, 0.25) is 0 Å². The molecule has 0 saturated carbocycles. The minimum Gasteiger partial charge on any atom is -0.396 e. The van der Waals surface area contributed by atoms with Crippen LogP contribution < -0.4 is 5.73 Å². The Labute approximate surface area is 112 Å². The molecule has 0 bridgehead atoms. The second kappa shape index (κ2) is 7.04. The number of rotatable bonds is 8. The van der Waals surface area contributed by atoms with E-state index in [-0.39, 0.29) is 0 Å². The van der Waals surface area contributed by atoms with Gasteiger partial charge in [0, 0.05) is 13.2 Å². The first-order valence-corrected chi connectivity index (χ1v) is 6.85. The molecule has 3 N–H and O–H groups in total. The number of nitrogens with zero attached hydrogens (tertiary/aromatic N) is 4. The molecule has 0 aliphatic heterocycles. The van der Waals surface area contributed by atoms with E-state index in [4.69, 9.17) is 10.8 Å². The number of nitrogen functional groups attached to an aromatic ring is 1. The van der Waals surface area contributed by atoms with Crippen molar-refractivity contribution in [3.05, 3.63) is 12.7 Å². The van der Waals surface area contributed by atoms with Crippen LogP contribution in [0.25, 0.3) is 11.2 Å². The Morgan fingerprint density at radius 2 is 1.74 bits per heavy atom. The highest BCUT2D eigenvalue weighted by molar-refractivity contribution is 5.80. The fourth-order valence-corrected chi connectivity index (χ4v) is 2.16. The predicted molar refractivity (Wildman–Crippen MR) is 74.5 cm³/mol. The smallest absolute Gasteiger partial charge is 0.165 e. The highest BCUT2D eigenvalue weighted by Crippen LogP contribution is 2.15. The molecule has 0 atom stereocenters. The van der Waals surface area contributed by atoms with Crippen molar-refractivity contribution in [2.75, 3.05) is 12.3 Å². The topological polar surface area (TPSA) is 89.9 Å². The summed E-state index contributed by atoms with van der Waals surface area (Å²) in [4.78, 5) is 12.4. The molecule has 6 nitrogen and oxygen atoms in total. The number of hydrogen-bond donors (Lipinski definition) is 2. The Morgan fingerprint density at radius 3 is 2.53 bits per heavy atom. The summed E-state index contributed by atoms with van der Waals surface area (Å²) in [6.45, 7) is 1.22. The molecule has 2 aromatic heterocycles. The third-order valence-corrected chi connectivity index (χ3v) is 3.24. The van der Waals surface area contributed by atoms with E-state index in [0.29, 0.717) is 17.9 Å². The second-order valence-electron chi connectivity index (χ2n) is 4.71. The number of unbranched alkanes of at least 4 members (excludes halogenated alkanes) is 5. The molecule has 2 rings (SSSR count). The van der Waals surface area contributed by atoms with Gasteiger partial charge in [-0.05, 0) is 12.8 Å². The zero-order chi connectivity index (χ0) is 13.5. The van der Waals surface area contributed by atoms with Crippen molar-refractivity contribution in [2.45, 2.75) is 45.1 Å². The van der Waals surface area contributed by atoms with E-state index in [2.05, 4.69) is 15.0 Å². The Morgan fingerprint density at radius 1 is 1.00 bits per heavy atom. The molecule has 2 heterocycles. The van der Waals surface area contributed by atoms with Gasteiger partial charge in [-0.3, -0.25) is 0 Å². The van der Waals surface area contributed by atoms with Gasteiger partial charge in [-0.2, -0.15) is 0 Å². The fraction of sp³-hybridized carbons (Fsp3) is 0.615. The number of nitrogens with two attached hydrogens (primary N) is 1. The first-order valence-electron chi connectivity index (χ1n) is 6.85. The third kappa shape index (κ3) is 3.64. The van der Waals surface area contributed by atoms with Gasteiger partial charge < -0.3 is 15.4 Å². The molecular formula is C13H21N5O. The lowest BCUT2D eigenvalue weighted by molar-refractivity contribution is 0.282. The van der Waals surface area contributed by atoms with Gasteiger partial charge in [-0.15, -0.1) is 0 Å². The molecule has 0 aliphatic rings. The van der Waals surface area contributed by atoms with Gasteiger partial charge in [0.25, 0.3) is 0 Å². The maximum Gasteiger partial charge on any atom is 0.165 e. The van der Waals surface area contributed by atoms with Crippen molar-refractivity contribution in [2.24, 2.45) is 0 Å². The fourth-order valence-electron chi connectivity index (χ4n) is 2.16. The van der Waals surface area contributed by atoms with Crippen LogP contribution in [0, 0.1) is 0 Å². The zero-order valence-electron chi connectivity index (χ0n) is 11.1. The van der Waals surface area contributed by atoms with Crippen molar-refractivity contribution in [1.29, 1.82) is 0 Å². The number of anilines is 1. The summed E-state index contributed by atoms with van der Waals surface area (Å²) in [5, 5.41) is 8.68. The van der Waals surface area contributed by atoms with Crippen molar-refractivity contribution in [1.82, 2.24) is 19.5 Å². The third-order valence-electron chi connectivity index (χ3n) is 3.24. The van der Waals surface area contributed by atoms with Crippen LogP contribution in [0.2, 0.25) is 0 Å². The molecule has 0 saturated heterocycles. The molecule has 0 radical (unpaired) electrons. The number of fused-ring (bicyclic) bond motifs is 1. The van der Waals surface area contributed by atoms with Gasteiger partial charge in [0.05, 0.1) is 6.33 Å². The molecule has 0 amide bonds. The summed E-state index contributed by atoms with van der Waals surface area (Å²) in [7, 11) is 0. The summed E-state index contributed by atoms with van der Waals surface area (Å²) in [6, 6.07) is 0. The number of aliphatic hydroxyl groups excluding tert-OH is 1. The minimum absolute atomic E-state index is 0.308. The van der Waals surface area contributed by atoms with E-state index in [0.717, 1.165) is 31.5 Å². The van der Waals surface area contributed by atoms with Gasteiger partial charge in [-0.25, -0.2) is 15.0 Å². The Balaban J connectivity index is 1.77. The molecule has 0 aliphatic carbocycles. The van der Waals surface area contributed by atoms with Crippen LogP contribution in [0.5, 0.6) is 0 Å². The molecule has 19 heavy (non-hydrogen) atoms. The predicted octanol–water partition coefficient (Wildman–Crippen LogP) is 1.74. The molecule has 0 unspecified atom stereocenters. The van der Waals surface area contributed by atoms with Crippen molar-refractivity contribution in [3.8, 4) is 0 Å². The number of aromatic nitrogens is 4. The zero-order valence-corrected chi connectivity index (χ0v) is 11.1. The number of aliphatic hydroxyl groups is 1. The first kappa shape index (κ1) is 13.7. The number of imidazole rings is 1. The summed E-state index contributed by atoms with van der Waals surface area (Å²) in [5.41, 5.74) is 7.24. The van der Waals surface area contributed by atoms with Crippen LogP contribution in [0.3, 0.4) is 0 Å².